The van der Waals surface area contributed by atoms with Gasteiger partial charge in [-0.2, -0.15) is 23.5 Å². The fraction of sp³-hybridized carbons (Fsp3) is 0.355. The Hall–Kier alpha value is -4.34. The van der Waals surface area contributed by atoms with Crippen LogP contribution in [0.25, 0.3) is 10.9 Å². The number of benzene rings is 2. The summed E-state index contributed by atoms with van der Waals surface area (Å²) in [6.45, 7) is -0.887. The summed E-state index contributed by atoms with van der Waals surface area (Å²) in [4.78, 5) is 66.3. The molecule has 0 aliphatic carbocycles. The van der Waals surface area contributed by atoms with Crippen LogP contribution in [-0.2, 0) is 36.1 Å². The van der Waals surface area contributed by atoms with Gasteiger partial charge in [-0.15, -0.1) is 0 Å². The first-order chi connectivity index (χ1) is 22.1. The molecule has 3 aromatic rings. The van der Waals surface area contributed by atoms with Crippen LogP contribution in [0.4, 0.5) is 0 Å². The maximum absolute atomic E-state index is 13.0. The zero-order chi connectivity index (χ0) is 33.5. The first-order valence-electron chi connectivity index (χ1n) is 14.4. The number of hydrogen-bond acceptors (Lipinski definition) is 10. The summed E-state index contributed by atoms with van der Waals surface area (Å²) in [7, 11) is 0. The number of nitrogens with zero attached hydrogens (tertiary/aromatic N) is 1. The maximum atomic E-state index is 13.0. The Morgan fingerprint density at radius 1 is 0.891 bits per heavy atom. The van der Waals surface area contributed by atoms with E-state index in [1.54, 1.807) is 54.7 Å². The lowest BCUT2D eigenvalue weighted by Crippen LogP contribution is -2.54. The summed E-state index contributed by atoms with van der Waals surface area (Å²) in [6, 6.07) is 12.8. The molecular weight excluding hydrogens is 633 g/mol. The Kier molecular flexibility index (Phi) is 14.6. The van der Waals surface area contributed by atoms with Gasteiger partial charge in [0.2, 0.25) is 23.6 Å². The lowest BCUT2D eigenvalue weighted by atomic mass is 10.0. The number of nitrogens with one attached hydrogen (secondary N) is 4. The first-order valence-corrected chi connectivity index (χ1v) is 16.9. The number of phenolic OH excluding ortho intramolecular Hbond substituents is 1. The summed E-state index contributed by atoms with van der Waals surface area (Å²) in [5, 5.41) is 30.2. The van der Waals surface area contributed by atoms with Crippen LogP contribution >= 0.6 is 23.5 Å². The van der Waals surface area contributed by atoms with E-state index >= 15 is 0 Å². The van der Waals surface area contributed by atoms with Crippen LogP contribution in [0.2, 0.25) is 0 Å². The second-order valence-corrected chi connectivity index (χ2v) is 12.3. The molecule has 0 radical (unpaired) electrons. The Balaban J connectivity index is 1.44. The second kappa shape index (κ2) is 18.6. The number of aliphatic carboxylic acids is 1. The molecule has 4 amide bonds. The predicted molar refractivity (Wildman–Crippen MR) is 178 cm³/mol. The molecule has 246 valence electrons. The number of carbonyl (C=O) groups excluding carboxylic acids is 4. The van der Waals surface area contributed by atoms with Gasteiger partial charge in [0, 0.05) is 29.5 Å². The van der Waals surface area contributed by atoms with Crippen LogP contribution in [-0.4, -0.2) is 93.8 Å². The molecule has 46 heavy (non-hydrogen) atoms. The number of carboxylic acids is 1. The molecule has 0 spiro atoms. The van der Waals surface area contributed by atoms with Crippen molar-refractivity contribution in [2.45, 2.75) is 36.7 Å². The van der Waals surface area contributed by atoms with E-state index in [-0.39, 0.29) is 24.3 Å². The highest BCUT2D eigenvalue weighted by molar-refractivity contribution is 7.98. The van der Waals surface area contributed by atoms with Crippen LogP contribution in [0.5, 0.6) is 5.75 Å². The number of fused-ring (bicyclic) bond motifs is 1. The standard InChI is InChI=1S/C31H38N6O7S2/c1-45-13-11-23(31(43)44)37-30(42)24(14-19-6-3-2-4-7-19)36-27(40)16-34-26(39)15-35-29(41)22(32)18-46-17-20-9-10-25(38)28-21(20)8-5-12-33-28/h2-10,12,22-24,38H,11,13-18,32H2,1H3,(H,34,39)(H,35,41)(H,36,40)(H,37,42)(H,43,44)/t22-,23-,24-/m0/s1. The fourth-order valence-corrected chi connectivity index (χ4v) is 5.79. The van der Waals surface area contributed by atoms with Crippen molar-refractivity contribution >= 4 is 64.0 Å². The van der Waals surface area contributed by atoms with Gasteiger partial charge >= 0.3 is 5.97 Å². The van der Waals surface area contributed by atoms with E-state index in [9.17, 15) is 34.2 Å². The van der Waals surface area contributed by atoms with E-state index in [0.717, 1.165) is 16.5 Å². The number of carboxylic acid groups (broad SMARTS) is 1. The molecule has 8 N–H and O–H groups in total. The van der Waals surface area contributed by atoms with E-state index < -0.39 is 60.8 Å². The largest absolute Gasteiger partial charge is 0.506 e. The molecule has 0 unspecified atom stereocenters. The van der Waals surface area contributed by atoms with Gasteiger partial charge in [0.25, 0.3) is 0 Å². The highest BCUT2D eigenvalue weighted by Gasteiger charge is 2.27. The van der Waals surface area contributed by atoms with Gasteiger partial charge in [-0.25, -0.2) is 4.79 Å². The summed E-state index contributed by atoms with van der Waals surface area (Å²) in [6.07, 6.45) is 3.74. The van der Waals surface area contributed by atoms with Crippen LogP contribution in [0.15, 0.2) is 60.8 Å². The van der Waals surface area contributed by atoms with Crippen LogP contribution in [0.1, 0.15) is 17.5 Å². The molecule has 0 aliphatic rings. The number of hydrogen-bond donors (Lipinski definition) is 7. The van der Waals surface area contributed by atoms with Crippen molar-refractivity contribution in [3.8, 4) is 5.75 Å². The third-order valence-corrected chi connectivity index (χ3v) is 8.51. The number of pyridine rings is 1. The number of carbonyl (C=O) groups is 5. The first kappa shape index (κ1) is 36.1. The molecule has 13 nitrogen and oxygen atoms in total. The van der Waals surface area contributed by atoms with Gasteiger partial charge in [0.05, 0.1) is 19.1 Å². The number of aromatic hydroxyl groups is 1. The Labute approximate surface area is 274 Å². The third-order valence-electron chi connectivity index (χ3n) is 6.76. The molecule has 0 fully saturated rings. The van der Waals surface area contributed by atoms with Crippen molar-refractivity contribution in [3.63, 3.8) is 0 Å². The third kappa shape index (κ3) is 11.5. The molecule has 0 aliphatic heterocycles. The Morgan fingerprint density at radius 3 is 2.35 bits per heavy atom. The molecule has 3 rings (SSSR count). The molecular formula is C31H38N6O7S2. The highest BCUT2D eigenvalue weighted by Crippen LogP contribution is 2.28. The van der Waals surface area contributed by atoms with Crippen molar-refractivity contribution < 1.29 is 34.2 Å². The van der Waals surface area contributed by atoms with Gasteiger partial charge < -0.3 is 37.2 Å². The smallest absolute Gasteiger partial charge is 0.326 e. The Morgan fingerprint density at radius 2 is 1.63 bits per heavy atom. The number of thioether (sulfide) groups is 2. The monoisotopic (exact) mass is 670 g/mol. The zero-order valence-corrected chi connectivity index (χ0v) is 26.9. The van der Waals surface area contributed by atoms with Crippen molar-refractivity contribution in [2.24, 2.45) is 5.73 Å². The zero-order valence-electron chi connectivity index (χ0n) is 25.2. The van der Waals surface area contributed by atoms with E-state index in [4.69, 9.17) is 5.73 Å². The minimum absolute atomic E-state index is 0.0830. The van der Waals surface area contributed by atoms with E-state index in [0.29, 0.717) is 17.0 Å². The quantitative estimate of drug-likeness (QED) is 0.100. The predicted octanol–water partition coefficient (Wildman–Crippen LogP) is 0.783. The van der Waals surface area contributed by atoms with E-state index in [1.807, 2.05) is 12.3 Å². The van der Waals surface area contributed by atoms with E-state index in [1.165, 1.54) is 23.5 Å². The molecule has 1 aromatic heterocycles. The topological polar surface area (TPSA) is 213 Å². The number of phenols is 1. The summed E-state index contributed by atoms with van der Waals surface area (Å²) >= 11 is 2.86. The molecule has 2 aromatic carbocycles. The number of amides is 4. The molecule has 0 saturated heterocycles. The van der Waals surface area contributed by atoms with Gasteiger partial charge in [-0.3, -0.25) is 24.2 Å². The SMILES string of the molecule is CSCC[C@H](NC(=O)[C@H](Cc1ccccc1)NC(=O)CNC(=O)CNC(=O)[C@@H](N)CSCc1ccc(O)c2ncccc12)C(=O)O. The molecule has 0 saturated carbocycles. The molecule has 1 heterocycles. The normalized spacial score (nSPS) is 12.8. The number of aromatic nitrogens is 1. The number of rotatable bonds is 18. The average Bonchev–Trinajstić information content (AvgIpc) is 3.05. The summed E-state index contributed by atoms with van der Waals surface area (Å²) < 4.78 is 0. The lowest BCUT2D eigenvalue weighted by Gasteiger charge is -2.22. The molecule has 0 bridgehead atoms. The van der Waals surface area contributed by atoms with Crippen LogP contribution in [0, 0.1) is 0 Å². The van der Waals surface area contributed by atoms with Gasteiger partial charge in [0.1, 0.15) is 23.3 Å². The van der Waals surface area contributed by atoms with Crippen LogP contribution in [0.3, 0.4) is 0 Å². The van der Waals surface area contributed by atoms with Gasteiger partial charge in [0.15, 0.2) is 0 Å². The van der Waals surface area contributed by atoms with Gasteiger partial charge in [-0.05, 0) is 41.7 Å². The fourth-order valence-electron chi connectivity index (χ4n) is 4.32. The average molecular weight is 671 g/mol. The molecule has 15 heteroatoms. The minimum atomic E-state index is -1.18. The Bertz CT molecular complexity index is 1510. The van der Waals surface area contributed by atoms with Crippen molar-refractivity contribution in [1.29, 1.82) is 0 Å². The summed E-state index contributed by atoms with van der Waals surface area (Å²) in [5.74, 6) is -2.29. The summed E-state index contributed by atoms with van der Waals surface area (Å²) in [5.41, 5.74) is 8.16. The highest BCUT2D eigenvalue weighted by atomic mass is 32.2. The lowest BCUT2D eigenvalue weighted by molar-refractivity contribution is -0.142. The van der Waals surface area contributed by atoms with Crippen LogP contribution < -0.4 is 27.0 Å². The second-order valence-electron chi connectivity index (χ2n) is 10.3. The van der Waals surface area contributed by atoms with Gasteiger partial charge in [-0.1, -0.05) is 42.5 Å². The minimum Gasteiger partial charge on any atom is -0.506 e. The van der Waals surface area contributed by atoms with Crippen molar-refractivity contribution in [1.82, 2.24) is 26.3 Å². The van der Waals surface area contributed by atoms with Crippen molar-refractivity contribution in [2.75, 3.05) is 30.9 Å². The maximum Gasteiger partial charge on any atom is 0.326 e. The molecule has 3 atom stereocenters. The van der Waals surface area contributed by atoms with E-state index in [2.05, 4.69) is 26.3 Å². The number of nitrogens with two attached hydrogens (primary N) is 1. The van der Waals surface area contributed by atoms with Crippen molar-refractivity contribution in [3.05, 3.63) is 71.9 Å².